The third kappa shape index (κ3) is 4.73. The standard InChI is InChI=1S/C18H18Cl2N2O2/c1-11-9-14(20)10-15(18(11)24)17(22-8-2-3-16(21)23)12-4-6-13(19)7-5-12/h4-7,9-10,24H,2-3,8H2,1H3,(H2,21,23). The molecule has 2 aromatic rings. The lowest BCUT2D eigenvalue weighted by Gasteiger charge is -2.12. The molecule has 0 aromatic heterocycles. The lowest BCUT2D eigenvalue weighted by molar-refractivity contribution is -0.118. The lowest BCUT2D eigenvalue weighted by Crippen LogP contribution is -2.11. The third-order valence-corrected chi connectivity index (χ3v) is 3.96. The van der Waals surface area contributed by atoms with E-state index in [-0.39, 0.29) is 18.1 Å². The van der Waals surface area contributed by atoms with Crippen LogP contribution >= 0.6 is 23.2 Å². The zero-order chi connectivity index (χ0) is 17.7. The Bertz CT molecular complexity index is 771. The molecule has 2 aromatic carbocycles. The maximum atomic E-state index is 10.9. The van der Waals surface area contributed by atoms with Crippen molar-refractivity contribution in [3.8, 4) is 5.75 Å². The van der Waals surface area contributed by atoms with Gasteiger partial charge in [-0.25, -0.2) is 0 Å². The van der Waals surface area contributed by atoms with Gasteiger partial charge >= 0.3 is 0 Å². The predicted octanol–water partition coefficient (Wildman–Crippen LogP) is 4.11. The number of primary amides is 1. The number of amides is 1. The Balaban J connectivity index is 2.45. The summed E-state index contributed by atoms with van der Waals surface area (Å²) in [5.41, 5.74) is 7.76. The molecule has 6 heteroatoms. The molecule has 0 radical (unpaired) electrons. The summed E-state index contributed by atoms with van der Waals surface area (Å²) in [7, 11) is 0. The fourth-order valence-corrected chi connectivity index (χ4v) is 2.70. The van der Waals surface area contributed by atoms with Crippen molar-refractivity contribution in [2.45, 2.75) is 19.8 Å². The minimum atomic E-state index is -0.361. The Labute approximate surface area is 150 Å². The number of hydrogen-bond acceptors (Lipinski definition) is 3. The number of halogens is 2. The normalized spacial score (nSPS) is 11.5. The molecular weight excluding hydrogens is 347 g/mol. The first kappa shape index (κ1) is 18.3. The van der Waals surface area contributed by atoms with Crippen molar-refractivity contribution in [3.63, 3.8) is 0 Å². The first-order valence-corrected chi connectivity index (χ1v) is 8.22. The van der Waals surface area contributed by atoms with E-state index in [1.807, 2.05) is 12.1 Å². The second-order valence-electron chi connectivity index (χ2n) is 5.43. The minimum Gasteiger partial charge on any atom is -0.507 e. The number of aryl methyl sites for hydroxylation is 1. The molecule has 0 aliphatic heterocycles. The van der Waals surface area contributed by atoms with Crippen LogP contribution in [0, 0.1) is 6.92 Å². The summed E-state index contributed by atoms with van der Waals surface area (Å²) in [4.78, 5) is 15.4. The van der Waals surface area contributed by atoms with E-state index in [2.05, 4.69) is 4.99 Å². The highest BCUT2D eigenvalue weighted by atomic mass is 35.5. The fourth-order valence-electron chi connectivity index (χ4n) is 2.30. The highest BCUT2D eigenvalue weighted by Crippen LogP contribution is 2.29. The van der Waals surface area contributed by atoms with Crippen molar-refractivity contribution >= 4 is 34.8 Å². The van der Waals surface area contributed by atoms with Gasteiger partial charge in [-0.05, 0) is 43.2 Å². The number of rotatable bonds is 6. The molecule has 126 valence electrons. The highest BCUT2D eigenvalue weighted by Gasteiger charge is 2.14. The van der Waals surface area contributed by atoms with Gasteiger partial charge in [-0.1, -0.05) is 35.3 Å². The number of nitrogens with two attached hydrogens (primary N) is 1. The van der Waals surface area contributed by atoms with Gasteiger partial charge in [0.2, 0.25) is 5.91 Å². The predicted molar refractivity (Wildman–Crippen MR) is 98.2 cm³/mol. The Morgan fingerprint density at radius 1 is 1.17 bits per heavy atom. The van der Waals surface area contributed by atoms with Crippen LogP contribution in [0.5, 0.6) is 5.75 Å². The second-order valence-corrected chi connectivity index (χ2v) is 6.30. The van der Waals surface area contributed by atoms with Gasteiger partial charge in [0.1, 0.15) is 5.75 Å². The third-order valence-electron chi connectivity index (χ3n) is 3.49. The monoisotopic (exact) mass is 364 g/mol. The summed E-state index contributed by atoms with van der Waals surface area (Å²) in [6.45, 7) is 2.18. The zero-order valence-electron chi connectivity index (χ0n) is 13.2. The molecule has 0 aliphatic carbocycles. The molecule has 3 N–H and O–H groups in total. The summed E-state index contributed by atoms with van der Waals surface area (Å²) in [6, 6.07) is 10.5. The van der Waals surface area contributed by atoms with E-state index in [9.17, 15) is 9.90 Å². The molecule has 2 rings (SSSR count). The van der Waals surface area contributed by atoms with Crippen molar-refractivity contribution in [2.24, 2.45) is 10.7 Å². The zero-order valence-corrected chi connectivity index (χ0v) is 14.7. The second kappa shape index (κ2) is 8.18. The molecule has 24 heavy (non-hydrogen) atoms. The molecule has 0 spiro atoms. The highest BCUT2D eigenvalue weighted by molar-refractivity contribution is 6.32. The summed E-state index contributed by atoms with van der Waals surface area (Å²) in [6.07, 6.45) is 0.796. The summed E-state index contributed by atoms with van der Waals surface area (Å²) < 4.78 is 0. The van der Waals surface area contributed by atoms with E-state index in [1.165, 1.54) is 0 Å². The van der Waals surface area contributed by atoms with Crippen LogP contribution in [-0.2, 0) is 4.79 Å². The number of nitrogens with zero attached hydrogens (tertiary/aromatic N) is 1. The Morgan fingerprint density at radius 2 is 1.83 bits per heavy atom. The van der Waals surface area contributed by atoms with E-state index < -0.39 is 0 Å². The van der Waals surface area contributed by atoms with Gasteiger partial charge in [0.25, 0.3) is 0 Å². The summed E-state index contributed by atoms with van der Waals surface area (Å²) >= 11 is 12.1. The first-order chi connectivity index (χ1) is 11.4. The number of carbonyl (C=O) groups is 1. The van der Waals surface area contributed by atoms with Crippen LogP contribution in [0.4, 0.5) is 0 Å². The number of aliphatic imine (C=N–C) groups is 1. The molecular formula is C18H18Cl2N2O2. The van der Waals surface area contributed by atoms with Crippen LogP contribution in [-0.4, -0.2) is 23.3 Å². The molecule has 1 amide bonds. The Hall–Kier alpha value is -2.04. The van der Waals surface area contributed by atoms with Gasteiger partial charge in [-0.2, -0.15) is 0 Å². The number of benzene rings is 2. The van der Waals surface area contributed by atoms with E-state index in [4.69, 9.17) is 28.9 Å². The van der Waals surface area contributed by atoms with E-state index in [1.54, 1.807) is 31.2 Å². The van der Waals surface area contributed by atoms with Crippen LogP contribution in [0.15, 0.2) is 41.4 Å². The quantitative estimate of drug-likeness (QED) is 0.597. The van der Waals surface area contributed by atoms with Gasteiger partial charge in [-0.3, -0.25) is 9.79 Å². The van der Waals surface area contributed by atoms with Crippen LogP contribution < -0.4 is 5.73 Å². The summed E-state index contributed by atoms with van der Waals surface area (Å²) in [5, 5.41) is 11.5. The molecule has 0 heterocycles. The lowest BCUT2D eigenvalue weighted by atomic mass is 9.99. The average molecular weight is 365 g/mol. The van der Waals surface area contributed by atoms with Gasteiger partial charge in [0.15, 0.2) is 0 Å². The molecule has 0 atom stereocenters. The minimum absolute atomic E-state index is 0.128. The van der Waals surface area contributed by atoms with Crippen molar-refractivity contribution in [3.05, 3.63) is 63.1 Å². The van der Waals surface area contributed by atoms with Gasteiger partial charge in [0.05, 0.1) is 5.71 Å². The SMILES string of the molecule is Cc1cc(Cl)cc(C(=NCCCC(N)=O)c2ccc(Cl)cc2)c1O. The molecule has 0 saturated carbocycles. The largest absolute Gasteiger partial charge is 0.507 e. The fraction of sp³-hybridized carbons (Fsp3) is 0.222. The smallest absolute Gasteiger partial charge is 0.217 e. The van der Waals surface area contributed by atoms with Crippen molar-refractivity contribution in [1.29, 1.82) is 0 Å². The Morgan fingerprint density at radius 3 is 2.46 bits per heavy atom. The summed E-state index contributed by atoms with van der Waals surface area (Å²) in [5.74, 6) is -0.234. The van der Waals surface area contributed by atoms with E-state index in [0.29, 0.717) is 39.8 Å². The van der Waals surface area contributed by atoms with Crippen molar-refractivity contribution in [1.82, 2.24) is 0 Å². The molecule has 0 aliphatic rings. The van der Waals surface area contributed by atoms with Gasteiger partial charge < -0.3 is 10.8 Å². The first-order valence-electron chi connectivity index (χ1n) is 7.46. The van der Waals surface area contributed by atoms with E-state index in [0.717, 1.165) is 5.56 Å². The molecule has 0 saturated heterocycles. The number of carbonyl (C=O) groups excluding carboxylic acids is 1. The number of aromatic hydroxyl groups is 1. The van der Waals surface area contributed by atoms with Crippen LogP contribution in [0.1, 0.15) is 29.5 Å². The molecule has 0 unspecified atom stereocenters. The maximum absolute atomic E-state index is 10.9. The molecule has 0 fully saturated rings. The van der Waals surface area contributed by atoms with Crippen molar-refractivity contribution < 1.29 is 9.90 Å². The van der Waals surface area contributed by atoms with Crippen LogP contribution in [0.25, 0.3) is 0 Å². The maximum Gasteiger partial charge on any atom is 0.217 e. The number of hydrogen-bond donors (Lipinski definition) is 2. The average Bonchev–Trinajstić information content (AvgIpc) is 2.52. The molecule has 4 nitrogen and oxygen atoms in total. The van der Waals surface area contributed by atoms with Crippen LogP contribution in [0.3, 0.4) is 0 Å². The molecule has 0 bridgehead atoms. The van der Waals surface area contributed by atoms with Gasteiger partial charge in [0, 0.05) is 34.1 Å². The topological polar surface area (TPSA) is 75.7 Å². The number of phenolic OH excluding ortho intramolecular Hbond substituents is 1. The van der Waals surface area contributed by atoms with E-state index >= 15 is 0 Å². The number of phenols is 1. The van der Waals surface area contributed by atoms with Crippen molar-refractivity contribution in [2.75, 3.05) is 6.54 Å². The van der Waals surface area contributed by atoms with Crippen LogP contribution in [0.2, 0.25) is 10.0 Å². The Kier molecular flexibility index (Phi) is 6.23. The van der Waals surface area contributed by atoms with Gasteiger partial charge in [-0.15, -0.1) is 0 Å².